The maximum Gasteiger partial charge on any atom is 0.337 e. The van der Waals surface area contributed by atoms with Crippen molar-refractivity contribution in [3.8, 4) is 28.4 Å². The highest BCUT2D eigenvalue weighted by atomic mass is 16.5. The summed E-state index contributed by atoms with van der Waals surface area (Å²) >= 11 is 0. The van der Waals surface area contributed by atoms with Crippen LogP contribution in [0.5, 0.6) is 5.88 Å². The highest BCUT2D eigenvalue weighted by molar-refractivity contribution is 5.94. The number of nitrogens with two attached hydrogens (primary N) is 1. The van der Waals surface area contributed by atoms with Crippen molar-refractivity contribution in [2.75, 3.05) is 7.11 Å². The van der Waals surface area contributed by atoms with Gasteiger partial charge in [-0.3, -0.25) is 4.98 Å². The Hall–Kier alpha value is -3.19. The summed E-state index contributed by atoms with van der Waals surface area (Å²) in [5.74, 6) is -0.340. The summed E-state index contributed by atoms with van der Waals surface area (Å²) in [4.78, 5) is 24.4. The molecule has 0 aliphatic heterocycles. The van der Waals surface area contributed by atoms with E-state index in [9.17, 15) is 9.90 Å². The van der Waals surface area contributed by atoms with Gasteiger partial charge in [-0.25, -0.2) is 9.78 Å². The van der Waals surface area contributed by atoms with E-state index >= 15 is 0 Å². The molecule has 4 N–H and O–H groups in total. The van der Waals surface area contributed by atoms with Crippen molar-refractivity contribution in [2.45, 2.75) is 44.1 Å². The first-order valence-corrected chi connectivity index (χ1v) is 10.2. The Bertz CT molecular complexity index is 1130. The van der Waals surface area contributed by atoms with E-state index in [1.54, 1.807) is 19.4 Å². The predicted octanol–water partition coefficient (Wildman–Crippen LogP) is 3.37. The summed E-state index contributed by atoms with van der Waals surface area (Å²) in [6.45, 7) is 0. The van der Waals surface area contributed by atoms with Gasteiger partial charge in [-0.2, -0.15) is 0 Å². The number of H-pyrrole nitrogens is 1. The lowest BCUT2D eigenvalue weighted by molar-refractivity contribution is 0.0694. The number of ether oxygens (including phenoxy) is 1. The number of aromatic nitrogens is 3. The summed E-state index contributed by atoms with van der Waals surface area (Å²) in [5, 5.41) is 9.93. The van der Waals surface area contributed by atoms with Gasteiger partial charge in [0.05, 0.1) is 24.1 Å². The molecule has 2 aliphatic carbocycles. The molecule has 3 aromatic rings. The number of methoxy groups -OCH3 is 1. The number of aromatic carboxylic acids is 1. The third-order valence-electron chi connectivity index (χ3n) is 6.41. The molecule has 3 heterocycles. The minimum Gasteiger partial charge on any atom is -0.481 e. The number of hydrogen-bond acceptors (Lipinski definition) is 5. The number of aromatic amines is 1. The van der Waals surface area contributed by atoms with Crippen LogP contribution in [0.25, 0.3) is 22.5 Å². The first kappa shape index (κ1) is 18.8. The first-order valence-electron chi connectivity index (χ1n) is 10.2. The zero-order chi connectivity index (χ0) is 20.9. The van der Waals surface area contributed by atoms with Gasteiger partial charge in [0.25, 0.3) is 0 Å². The van der Waals surface area contributed by atoms with Crippen LogP contribution in [0.3, 0.4) is 0 Å². The van der Waals surface area contributed by atoms with Gasteiger partial charge in [-0.1, -0.05) is 0 Å². The number of hydrogen-bond donors (Lipinski definition) is 3. The van der Waals surface area contributed by atoms with Crippen molar-refractivity contribution in [1.82, 2.24) is 15.0 Å². The van der Waals surface area contributed by atoms with Gasteiger partial charge in [0.2, 0.25) is 5.88 Å². The summed E-state index contributed by atoms with van der Waals surface area (Å²) < 4.78 is 5.13. The van der Waals surface area contributed by atoms with Crippen molar-refractivity contribution >= 4 is 5.97 Å². The summed E-state index contributed by atoms with van der Waals surface area (Å²) in [5.41, 5.74) is 12.8. The van der Waals surface area contributed by atoms with Gasteiger partial charge in [0, 0.05) is 47.2 Å². The molecule has 0 aromatic carbocycles. The highest BCUT2D eigenvalue weighted by Gasteiger charge is 2.36. The van der Waals surface area contributed by atoms with Crippen LogP contribution in [-0.4, -0.2) is 38.7 Å². The summed E-state index contributed by atoms with van der Waals surface area (Å²) in [6, 6.07) is 5.74. The number of aryl methyl sites for hydroxylation is 1. The second-order valence-electron chi connectivity index (χ2n) is 8.35. The van der Waals surface area contributed by atoms with Gasteiger partial charge in [0.1, 0.15) is 0 Å². The molecule has 0 unspecified atom stereocenters. The van der Waals surface area contributed by atoms with Gasteiger partial charge in [-0.05, 0) is 55.4 Å². The topological polar surface area (TPSA) is 114 Å². The van der Waals surface area contributed by atoms with Gasteiger partial charge >= 0.3 is 5.97 Å². The number of fused-ring (bicyclic) bond motifs is 3. The molecule has 0 amide bonds. The van der Waals surface area contributed by atoms with Gasteiger partial charge in [0.15, 0.2) is 0 Å². The third kappa shape index (κ3) is 3.06. The van der Waals surface area contributed by atoms with Gasteiger partial charge < -0.3 is 20.6 Å². The molecule has 1 fully saturated rings. The zero-order valence-electron chi connectivity index (χ0n) is 16.9. The Labute approximate surface area is 174 Å². The molecule has 1 saturated carbocycles. The average molecular weight is 404 g/mol. The minimum atomic E-state index is -0.887. The number of nitrogens with zero attached hydrogens (tertiary/aromatic N) is 2. The Morgan fingerprint density at radius 2 is 2.10 bits per heavy atom. The van der Waals surface area contributed by atoms with Gasteiger partial charge in [-0.15, -0.1) is 0 Å². The number of carboxylic acids is 1. The average Bonchev–Trinajstić information content (AvgIpc) is 3.10. The van der Waals surface area contributed by atoms with Crippen LogP contribution in [0.15, 0.2) is 30.6 Å². The van der Waals surface area contributed by atoms with Crippen molar-refractivity contribution < 1.29 is 14.6 Å². The van der Waals surface area contributed by atoms with E-state index in [4.69, 9.17) is 10.5 Å². The molecule has 0 bridgehead atoms. The third-order valence-corrected chi connectivity index (χ3v) is 6.41. The minimum absolute atomic E-state index is 0.293. The van der Waals surface area contributed by atoms with Crippen LogP contribution in [0.1, 0.15) is 46.4 Å². The van der Waals surface area contributed by atoms with E-state index in [1.807, 2.05) is 18.3 Å². The molecular weight excluding hydrogens is 380 g/mol. The lowest BCUT2D eigenvalue weighted by atomic mass is 9.74. The predicted molar refractivity (Wildman–Crippen MR) is 113 cm³/mol. The Balaban J connectivity index is 1.59. The smallest absolute Gasteiger partial charge is 0.337 e. The molecule has 0 radical (unpaired) electrons. The second kappa shape index (κ2) is 6.95. The van der Waals surface area contributed by atoms with E-state index < -0.39 is 5.97 Å². The van der Waals surface area contributed by atoms with Crippen molar-refractivity contribution in [3.05, 3.63) is 53.0 Å². The fraction of sp³-hybridized carbons (Fsp3) is 0.348. The largest absolute Gasteiger partial charge is 0.481 e. The fourth-order valence-corrected chi connectivity index (χ4v) is 4.61. The first-order chi connectivity index (χ1) is 14.5. The quantitative estimate of drug-likeness (QED) is 0.601. The van der Waals surface area contributed by atoms with Crippen LogP contribution >= 0.6 is 0 Å². The molecule has 0 spiro atoms. The number of pyridine rings is 2. The molecule has 7 heteroatoms. The number of carbonyl (C=O) groups is 1. The molecule has 5 rings (SSSR count). The molecule has 3 aromatic heterocycles. The van der Waals surface area contributed by atoms with Crippen LogP contribution in [0, 0.1) is 0 Å². The summed E-state index contributed by atoms with van der Waals surface area (Å²) in [7, 11) is 1.58. The van der Waals surface area contributed by atoms with Crippen molar-refractivity contribution in [1.29, 1.82) is 0 Å². The maximum absolute atomic E-state index is 12.1. The van der Waals surface area contributed by atoms with E-state index in [1.165, 1.54) is 0 Å². The van der Waals surface area contributed by atoms with Crippen LogP contribution in [0.4, 0.5) is 0 Å². The molecule has 7 nitrogen and oxygen atoms in total. The molecule has 30 heavy (non-hydrogen) atoms. The number of carboxylic acid groups (broad SMARTS) is 1. The maximum atomic E-state index is 12.1. The summed E-state index contributed by atoms with van der Waals surface area (Å²) in [6.07, 6.45) is 8.61. The van der Waals surface area contributed by atoms with Crippen LogP contribution in [0.2, 0.25) is 0 Å². The van der Waals surface area contributed by atoms with Crippen molar-refractivity contribution in [2.24, 2.45) is 5.73 Å². The SMILES string of the molecule is COc1ccc(-c2cc3c(cn2)CCc2c-3[nH]c(CC3(N)CCC3)c2C(=O)O)cn1. The van der Waals surface area contributed by atoms with Crippen molar-refractivity contribution in [3.63, 3.8) is 0 Å². The lowest BCUT2D eigenvalue weighted by Crippen LogP contribution is -2.48. The zero-order valence-corrected chi connectivity index (χ0v) is 16.9. The Morgan fingerprint density at radius 3 is 2.73 bits per heavy atom. The molecule has 2 aliphatic rings. The lowest BCUT2D eigenvalue weighted by Gasteiger charge is -2.38. The van der Waals surface area contributed by atoms with E-state index in [-0.39, 0.29) is 5.54 Å². The van der Waals surface area contributed by atoms with Crippen LogP contribution < -0.4 is 10.5 Å². The monoisotopic (exact) mass is 404 g/mol. The Kier molecular flexibility index (Phi) is 4.36. The van der Waals surface area contributed by atoms with E-state index in [2.05, 4.69) is 15.0 Å². The molecule has 0 saturated heterocycles. The van der Waals surface area contributed by atoms with E-state index in [0.717, 1.165) is 65.0 Å². The normalized spacial score (nSPS) is 16.3. The molecule has 0 atom stereocenters. The highest BCUT2D eigenvalue weighted by Crippen LogP contribution is 2.40. The second-order valence-corrected chi connectivity index (χ2v) is 8.35. The Morgan fingerprint density at radius 1 is 1.27 bits per heavy atom. The standard InChI is InChI=1S/C23H24N4O3/c1-30-19-6-4-14(12-26-19)17-9-16-13(11-25-17)3-5-15-20(22(28)29)18(27-21(15)16)10-23(24)7-2-8-23/h4,6,9,11-12,27H,2-3,5,7-8,10,24H2,1H3,(H,28,29). The number of nitrogens with one attached hydrogen (secondary N) is 1. The van der Waals surface area contributed by atoms with Crippen LogP contribution in [-0.2, 0) is 19.3 Å². The molecule has 154 valence electrons. The van der Waals surface area contributed by atoms with E-state index in [0.29, 0.717) is 24.3 Å². The molecular formula is C23H24N4O3. The fourth-order valence-electron chi connectivity index (χ4n) is 4.61. The number of rotatable bonds is 5.